The van der Waals surface area contributed by atoms with Gasteiger partial charge in [0.1, 0.15) is 0 Å². The van der Waals surface area contributed by atoms with Gasteiger partial charge in [0.15, 0.2) is 0 Å². The van der Waals surface area contributed by atoms with Crippen molar-refractivity contribution >= 4 is 17.7 Å². The molecule has 0 aliphatic carbocycles. The largest absolute Gasteiger partial charge is 0.216 e. The third kappa shape index (κ3) is 11.8. The first kappa shape index (κ1) is 20.5. The van der Waals surface area contributed by atoms with Crippen molar-refractivity contribution in [1.82, 2.24) is 0 Å². The fourth-order valence-electron chi connectivity index (χ4n) is 2.63. The summed E-state index contributed by atoms with van der Waals surface area (Å²) in [6.45, 7) is 12.2. The molecule has 1 unspecified atom stereocenters. The highest BCUT2D eigenvalue weighted by Crippen LogP contribution is 2.22. The molecule has 2 heteroatoms. The van der Waals surface area contributed by atoms with Crippen LogP contribution in [0, 0.1) is 5.92 Å². The lowest BCUT2D eigenvalue weighted by Gasteiger charge is -2.17. The van der Waals surface area contributed by atoms with Crippen molar-refractivity contribution in [1.29, 1.82) is 0 Å². The molecule has 0 saturated carbocycles. The van der Waals surface area contributed by atoms with Gasteiger partial charge in [-0.2, -0.15) is 0 Å². The SMILES string of the molecule is C=CS/N=C(\C=C)C(CCCCCC)CCCCCCC. The Balaban J connectivity index is 4.30. The molecule has 122 valence electrons. The van der Waals surface area contributed by atoms with Gasteiger partial charge in [-0.05, 0) is 24.3 Å². The van der Waals surface area contributed by atoms with E-state index in [9.17, 15) is 0 Å². The Morgan fingerprint density at radius 1 is 0.905 bits per heavy atom. The average Bonchev–Trinajstić information content (AvgIpc) is 2.51. The Kier molecular flexibility index (Phi) is 15.5. The number of hydrogen-bond donors (Lipinski definition) is 0. The normalized spacial score (nSPS) is 13.1. The van der Waals surface area contributed by atoms with E-state index < -0.39 is 0 Å². The zero-order valence-electron chi connectivity index (χ0n) is 14.3. The zero-order valence-corrected chi connectivity index (χ0v) is 15.1. The smallest absolute Gasteiger partial charge is 0.0515 e. The van der Waals surface area contributed by atoms with Gasteiger partial charge in [0.05, 0.1) is 5.71 Å². The lowest BCUT2D eigenvalue weighted by atomic mass is 9.90. The summed E-state index contributed by atoms with van der Waals surface area (Å²) >= 11 is 1.44. The van der Waals surface area contributed by atoms with Gasteiger partial charge >= 0.3 is 0 Å². The summed E-state index contributed by atoms with van der Waals surface area (Å²) in [7, 11) is 0. The van der Waals surface area contributed by atoms with E-state index in [0.717, 1.165) is 0 Å². The summed E-state index contributed by atoms with van der Waals surface area (Å²) in [5.74, 6) is 0.591. The van der Waals surface area contributed by atoms with Crippen LogP contribution in [0.25, 0.3) is 0 Å². The molecule has 0 aliphatic heterocycles. The van der Waals surface area contributed by atoms with Gasteiger partial charge in [0.25, 0.3) is 0 Å². The molecule has 0 bridgehead atoms. The molecule has 0 rings (SSSR count). The monoisotopic (exact) mass is 309 g/mol. The van der Waals surface area contributed by atoms with E-state index in [1.54, 1.807) is 5.41 Å². The van der Waals surface area contributed by atoms with Crippen LogP contribution in [-0.4, -0.2) is 5.71 Å². The topological polar surface area (TPSA) is 12.4 Å². The number of allylic oxidation sites excluding steroid dienone is 1. The molecule has 0 aromatic carbocycles. The third-order valence-corrected chi connectivity index (χ3v) is 4.39. The van der Waals surface area contributed by atoms with Crippen LogP contribution in [0.15, 0.2) is 29.0 Å². The summed E-state index contributed by atoms with van der Waals surface area (Å²) in [4.78, 5) is 0. The van der Waals surface area contributed by atoms with Crippen LogP contribution >= 0.6 is 11.9 Å². The van der Waals surface area contributed by atoms with E-state index >= 15 is 0 Å². The second-order valence-electron chi connectivity index (χ2n) is 5.74. The molecule has 21 heavy (non-hydrogen) atoms. The number of unbranched alkanes of at least 4 members (excludes halogenated alkanes) is 7. The maximum Gasteiger partial charge on any atom is 0.0515 e. The third-order valence-electron chi connectivity index (χ3n) is 3.92. The van der Waals surface area contributed by atoms with Crippen molar-refractivity contribution in [3.8, 4) is 0 Å². The second-order valence-corrected chi connectivity index (χ2v) is 6.47. The van der Waals surface area contributed by atoms with Gasteiger partial charge < -0.3 is 0 Å². The minimum Gasteiger partial charge on any atom is -0.216 e. The predicted octanol–water partition coefficient (Wildman–Crippen LogP) is 7.35. The first-order valence-electron chi connectivity index (χ1n) is 8.77. The van der Waals surface area contributed by atoms with Gasteiger partial charge in [0, 0.05) is 17.9 Å². The van der Waals surface area contributed by atoms with E-state index in [1.165, 1.54) is 88.3 Å². The Bertz CT molecular complexity index is 283. The van der Waals surface area contributed by atoms with E-state index in [2.05, 4.69) is 31.4 Å². The van der Waals surface area contributed by atoms with Crippen LogP contribution in [0.3, 0.4) is 0 Å². The molecule has 0 spiro atoms. The number of nitrogens with zero attached hydrogens (tertiary/aromatic N) is 1. The Labute approximate surface area is 137 Å². The summed E-state index contributed by atoms with van der Waals surface area (Å²) in [6.07, 6.45) is 16.5. The van der Waals surface area contributed by atoms with E-state index in [0.29, 0.717) is 5.92 Å². The van der Waals surface area contributed by atoms with Crippen molar-refractivity contribution in [3.05, 3.63) is 24.6 Å². The van der Waals surface area contributed by atoms with Gasteiger partial charge in [0.2, 0.25) is 0 Å². The van der Waals surface area contributed by atoms with E-state index in [1.807, 2.05) is 6.08 Å². The average molecular weight is 310 g/mol. The summed E-state index contributed by atoms with van der Waals surface area (Å²) < 4.78 is 4.57. The van der Waals surface area contributed by atoms with Crippen LogP contribution < -0.4 is 0 Å². The molecule has 0 amide bonds. The molecular formula is C19H35NS. The minimum absolute atomic E-state index is 0.591. The molecule has 0 N–H and O–H groups in total. The van der Waals surface area contributed by atoms with Crippen molar-refractivity contribution in [2.24, 2.45) is 10.3 Å². The lowest BCUT2D eigenvalue weighted by molar-refractivity contribution is 0.492. The highest BCUT2D eigenvalue weighted by Gasteiger charge is 2.13. The molecule has 0 saturated heterocycles. The Morgan fingerprint density at radius 2 is 1.43 bits per heavy atom. The van der Waals surface area contributed by atoms with Gasteiger partial charge in [-0.25, -0.2) is 4.40 Å². The van der Waals surface area contributed by atoms with Crippen molar-refractivity contribution in [2.75, 3.05) is 0 Å². The second kappa shape index (κ2) is 15.9. The number of hydrogen-bond acceptors (Lipinski definition) is 2. The van der Waals surface area contributed by atoms with Crippen LogP contribution in [0.2, 0.25) is 0 Å². The molecule has 1 atom stereocenters. The lowest BCUT2D eigenvalue weighted by Crippen LogP contribution is -2.12. The minimum atomic E-state index is 0.591. The standard InChI is InChI=1S/C19H35NS/c1-5-9-11-13-15-17-18(16-14-12-10-6-2)19(7-3)20-21-8-4/h7-8,18H,3-6,9-17H2,1-2H3/b20-19+. The van der Waals surface area contributed by atoms with Crippen molar-refractivity contribution in [2.45, 2.75) is 84.5 Å². The van der Waals surface area contributed by atoms with Crippen LogP contribution in [0.4, 0.5) is 0 Å². The highest BCUT2D eigenvalue weighted by molar-refractivity contribution is 8.01. The molecule has 0 aromatic rings. The molecule has 0 radical (unpaired) electrons. The van der Waals surface area contributed by atoms with Gasteiger partial charge in [-0.15, -0.1) is 0 Å². The van der Waals surface area contributed by atoms with E-state index in [-0.39, 0.29) is 0 Å². The van der Waals surface area contributed by atoms with Crippen molar-refractivity contribution in [3.63, 3.8) is 0 Å². The number of rotatable bonds is 15. The Hall–Kier alpha value is -0.500. The van der Waals surface area contributed by atoms with E-state index in [4.69, 9.17) is 0 Å². The summed E-state index contributed by atoms with van der Waals surface area (Å²) in [6, 6.07) is 0. The molecule has 1 nitrogen and oxygen atoms in total. The highest BCUT2D eigenvalue weighted by atomic mass is 32.2. The zero-order chi connectivity index (χ0) is 15.8. The molecule has 0 fully saturated rings. The molecular weight excluding hydrogens is 274 g/mol. The summed E-state index contributed by atoms with van der Waals surface area (Å²) in [5.41, 5.74) is 1.17. The first-order valence-corrected chi connectivity index (χ1v) is 9.60. The van der Waals surface area contributed by atoms with Crippen molar-refractivity contribution < 1.29 is 0 Å². The maximum absolute atomic E-state index is 4.57. The fourth-order valence-corrected chi connectivity index (χ4v) is 3.05. The first-order chi connectivity index (χ1) is 10.3. The maximum atomic E-state index is 4.57. The van der Waals surface area contributed by atoms with Crippen LogP contribution in [-0.2, 0) is 0 Å². The fraction of sp³-hybridized carbons (Fsp3) is 0.737. The Morgan fingerprint density at radius 3 is 1.90 bits per heavy atom. The molecule has 0 aliphatic rings. The van der Waals surface area contributed by atoms with Gasteiger partial charge in [-0.1, -0.05) is 84.8 Å². The molecule has 0 aromatic heterocycles. The van der Waals surface area contributed by atoms with Gasteiger partial charge in [-0.3, -0.25) is 0 Å². The van der Waals surface area contributed by atoms with Crippen LogP contribution in [0.1, 0.15) is 84.5 Å². The van der Waals surface area contributed by atoms with Crippen LogP contribution in [0.5, 0.6) is 0 Å². The quantitative estimate of drug-likeness (QED) is 0.175. The molecule has 0 heterocycles. The predicted molar refractivity (Wildman–Crippen MR) is 101 cm³/mol. The summed E-state index contributed by atoms with van der Waals surface area (Å²) in [5, 5.41) is 1.79.